The van der Waals surface area contributed by atoms with Gasteiger partial charge in [-0.25, -0.2) is 0 Å². The van der Waals surface area contributed by atoms with Crippen LogP contribution in [-0.4, -0.2) is 38.4 Å². The molecule has 108 valence electrons. The van der Waals surface area contributed by atoms with Crippen LogP contribution in [0.2, 0.25) is 0 Å². The van der Waals surface area contributed by atoms with Crippen LogP contribution in [0.25, 0.3) is 0 Å². The minimum Gasteiger partial charge on any atom is -0.497 e. The van der Waals surface area contributed by atoms with Crippen LogP contribution < -0.4 is 15.4 Å². The van der Waals surface area contributed by atoms with Crippen LogP contribution in [0.1, 0.15) is 12.0 Å². The fraction of sp³-hybridized carbons (Fsp3) is 0.462. The van der Waals surface area contributed by atoms with Crippen molar-refractivity contribution in [2.24, 2.45) is 4.99 Å². The molecular weight excluding hydrogens is 357 g/mol. The van der Waals surface area contributed by atoms with Gasteiger partial charge in [0.1, 0.15) is 5.75 Å². The molecule has 0 atom stereocenters. The molecule has 19 heavy (non-hydrogen) atoms. The molecule has 3 N–H and O–H groups in total. The molecule has 0 saturated carbocycles. The number of ether oxygens (including phenoxy) is 1. The Kier molecular flexibility index (Phi) is 10.3. The summed E-state index contributed by atoms with van der Waals surface area (Å²) in [6, 6.07) is 7.88. The zero-order valence-electron chi connectivity index (χ0n) is 11.3. The average Bonchev–Trinajstić information content (AvgIpc) is 2.43. The normalized spacial score (nSPS) is 10.6. The minimum absolute atomic E-state index is 0. The first-order valence-corrected chi connectivity index (χ1v) is 5.98. The number of hydrogen-bond donors (Lipinski definition) is 3. The molecule has 0 radical (unpaired) electrons. The van der Waals surface area contributed by atoms with Gasteiger partial charge in [-0.3, -0.25) is 4.99 Å². The number of hydrogen-bond acceptors (Lipinski definition) is 3. The molecule has 0 spiro atoms. The first-order valence-electron chi connectivity index (χ1n) is 5.98. The molecule has 0 aliphatic carbocycles. The highest BCUT2D eigenvalue weighted by Gasteiger charge is 1.99. The molecular formula is C13H22IN3O2. The topological polar surface area (TPSA) is 65.9 Å². The zero-order valence-corrected chi connectivity index (χ0v) is 13.7. The predicted octanol–water partition coefficient (Wildman–Crippen LogP) is 1.36. The number of aliphatic imine (C=N–C) groups is 1. The summed E-state index contributed by atoms with van der Waals surface area (Å²) >= 11 is 0. The van der Waals surface area contributed by atoms with E-state index in [1.54, 1.807) is 14.2 Å². The van der Waals surface area contributed by atoms with Crippen molar-refractivity contribution in [2.45, 2.75) is 13.0 Å². The Morgan fingerprint density at radius 2 is 2.16 bits per heavy atom. The van der Waals surface area contributed by atoms with E-state index in [4.69, 9.17) is 9.84 Å². The SMILES string of the molecule is CN=C(NCCCO)NCc1cccc(OC)c1.I. The zero-order chi connectivity index (χ0) is 13.2. The Bertz CT molecular complexity index is 386. The molecule has 0 amide bonds. The molecule has 6 heteroatoms. The van der Waals surface area contributed by atoms with E-state index in [0.29, 0.717) is 19.5 Å². The van der Waals surface area contributed by atoms with Crippen LogP contribution in [-0.2, 0) is 6.54 Å². The van der Waals surface area contributed by atoms with Gasteiger partial charge in [0.05, 0.1) is 7.11 Å². The van der Waals surface area contributed by atoms with Gasteiger partial charge < -0.3 is 20.5 Å². The van der Waals surface area contributed by atoms with Crippen LogP contribution >= 0.6 is 24.0 Å². The predicted molar refractivity (Wildman–Crippen MR) is 88.3 cm³/mol. The van der Waals surface area contributed by atoms with Crippen molar-refractivity contribution in [3.63, 3.8) is 0 Å². The molecule has 1 aromatic carbocycles. The van der Waals surface area contributed by atoms with Crippen LogP contribution in [0.5, 0.6) is 5.75 Å². The summed E-state index contributed by atoms with van der Waals surface area (Å²) in [7, 11) is 3.38. The van der Waals surface area contributed by atoms with Crippen molar-refractivity contribution in [3.8, 4) is 5.75 Å². The second-order valence-electron chi connectivity index (χ2n) is 3.78. The lowest BCUT2D eigenvalue weighted by atomic mass is 10.2. The Labute approximate surface area is 131 Å². The summed E-state index contributed by atoms with van der Waals surface area (Å²) in [6.07, 6.45) is 0.708. The fourth-order valence-corrected chi connectivity index (χ4v) is 1.47. The number of aliphatic hydroxyl groups is 1. The summed E-state index contributed by atoms with van der Waals surface area (Å²) in [6.45, 7) is 1.56. The van der Waals surface area contributed by atoms with Gasteiger partial charge in [-0.1, -0.05) is 12.1 Å². The Morgan fingerprint density at radius 3 is 2.79 bits per heavy atom. The second kappa shape index (κ2) is 10.9. The van der Waals surface area contributed by atoms with Crippen molar-refractivity contribution in [2.75, 3.05) is 27.3 Å². The maximum absolute atomic E-state index is 8.70. The number of rotatable bonds is 6. The lowest BCUT2D eigenvalue weighted by molar-refractivity contribution is 0.289. The van der Waals surface area contributed by atoms with E-state index in [1.807, 2.05) is 24.3 Å². The first kappa shape index (κ1) is 18.0. The third-order valence-corrected chi connectivity index (χ3v) is 2.45. The third-order valence-electron chi connectivity index (χ3n) is 2.45. The van der Waals surface area contributed by atoms with E-state index >= 15 is 0 Å². The van der Waals surface area contributed by atoms with E-state index in [0.717, 1.165) is 17.3 Å². The van der Waals surface area contributed by atoms with Crippen LogP contribution in [0.4, 0.5) is 0 Å². The molecule has 0 bridgehead atoms. The monoisotopic (exact) mass is 379 g/mol. The van der Waals surface area contributed by atoms with Crippen LogP contribution in [0.15, 0.2) is 29.3 Å². The van der Waals surface area contributed by atoms with E-state index in [-0.39, 0.29) is 30.6 Å². The Hall–Kier alpha value is -1.02. The van der Waals surface area contributed by atoms with E-state index in [1.165, 1.54) is 0 Å². The number of guanidine groups is 1. The van der Waals surface area contributed by atoms with Crippen molar-refractivity contribution in [3.05, 3.63) is 29.8 Å². The molecule has 0 aliphatic heterocycles. The Balaban J connectivity index is 0.00000324. The van der Waals surface area contributed by atoms with E-state index in [2.05, 4.69) is 15.6 Å². The molecule has 5 nitrogen and oxygen atoms in total. The molecule has 0 aliphatic rings. The largest absolute Gasteiger partial charge is 0.497 e. The highest BCUT2D eigenvalue weighted by atomic mass is 127. The van der Waals surface area contributed by atoms with E-state index in [9.17, 15) is 0 Å². The quantitative estimate of drug-likeness (QED) is 0.302. The number of nitrogens with one attached hydrogen (secondary N) is 2. The number of benzene rings is 1. The van der Waals surface area contributed by atoms with Crippen LogP contribution in [0.3, 0.4) is 0 Å². The smallest absolute Gasteiger partial charge is 0.191 e. The van der Waals surface area contributed by atoms with Gasteiger partial charge >= 0.3 is 0 Å². The number of nitrogens with zero attached hydrogens (tertiary/aromatic N) is 1. The maximum Gasteiger partial charge on any atom is 0.191 e. The minimum atomic E-state index is 0. The van der Waals surface area contributed by atoms with Crippen molar-refractivity contribution < 1.29 is 9.84 Å². The molecule has 1 aromatic rings. The Morgan fingerprint density at radius 1 is 1.37 bits per heavy atom. The van der Waals surface area contributed by atoms with Gasteiger partial charge in [0.25, 0.3) is 0 Å². The van der Waals surface area contributed by atoms with Crippen molar-refractivity contribution >= 4 is 29.9 Å². The van der Waals surface area contributed by atoms with E-state index < -0.39 is 0 Å². The van der Waals surface area contributed by atoms with Crippen molar-refractivity contribution in [1.82, 2.24) is 10.6 Å². The maximum atomic E-state index is 8.70. The number of halogens is 1. The van der Waals surface area contributed by atoms with Crippen LogP contribution in [0, 0.1) is 0 Å². The first-order chi connectivity index (χ1) is 8.80. The highest BCUT2D eigenvalue weighted by Crippen LogP contribution is 2.11. The lowest BCUT2D eigenvalue weighted by Crippen LogP contribution is -2.37. The van der Waals surface area contributed by atoms with Gasteiger partial charge in [0, 0.05) is 26.7 Å². The fourth-order valence-electron chi connectivity index (χ4n) is 1.47. The van der Waals surface area contributed by atoms with Gasteiger partial charge in [0.15, 0.2) is 5.96 Å². The van der Waals surface area contributed by atoms with Crippen molar-refractivity contribution in [1.29, 1.82) is 0 Å². The molecule has 0 heterocycles. The average molecular weight is 379 g/mol. The summed E-state index contributed by atoms with van der Waals surface area (Å²) in [5.41, 5.74) is 1.12. The summed E-state index contributed by atoms with van der Waals surface area (Å²) in [5.74, 6) is 1.57. The van der Waals surface area contributed by atoms with Gasteiger partial charge in [0.2, 0.25) is 0 Å². The van der Waals surface area contributed by atoms with Gasteiger partial charge in [-0.2, -0.15) is 0 Å². The van der Waals surface area contributed by atoms with Gasteiger partial charge in [-0.05, 0) is 24.1 Å². The summed E-state index contributed by atoms with van der Waals surface area (Å²) < 4.78 is 5.17. The third kappa shape index (κ3) is 7.22. The highest BCUT2D eigenvalue weighted by molar-refractivity contribution is 14.0. The number of methoxy groups -OCH3 is 1. The summed E-state index contributed by atoms with van der Waals surface area (Å²) in [5, 5.41) is 15.0. The standard InChI is InChI=1S/C13H21N3O2.HI/c1-14-13(15-7-4-8-17)16-10-11-5-3-6-12(9-11)18-2;/h3,5-6,9,17H,4,7-8,10H2,1-2H3,(H2,14,15,16);1H. The molecule has 0 fully saturated rings. The summed E-state index contributed by atoms with van der Waals surface area (Å²) in [4.78, 5) is 4.10. The lowest BCUT2D eigenvalue weighted by Gasteiger charge is -2.11. The second-order valence-corrected chi connectivity index (χ2v) is 3.78. The molecule has 1 rings (SSSR count). The van der Waals surface area contributed by atoms with Gasteiger partial charge in [-0.15, -0.1) is 24.0 Å². The molecule has 0 aromatic heterocycles. The number of aliphatic hydroxyl groups excluding tert-OH is 1. The molecule has 0 saturated heterocycles. The molecule has 0 unspecified atom stereocenters.